The first-order chi connectivity index (χ1) is 15.0. The summed E-state index contributed by atoms with van der Waals surface area (Å²) in [6, 6.07) is 2.08. The molecule has 0 bridgehead atoms. The van der Waals surface area contributed by atoms with Gasteiger partial charge >= 0.3 is 12.3 Å². The summed E-state index contributed by atoms with van der Waals surface area (Å²) < 4.78 is 75.4. The molecule has 1 aliphatic rings. The fourth-order valence-electron chi connectivity index (χ4n) is 3.15. The summed E-state index contributed by atoms with van der Waals surface area (Å²) in [6.45, 7) is -0.313. The number of alkyl halides is 3. The molecule has 0 spiro atoms. The van der Waals surface area contributed by atoms with Crippen LogP contribution in [0.5, 0.6) is 5.75 Å². The van der Waals surface area contributed by atoms with Crippen molar-refractivity contribution >= 4 is 44.8 Å². The summed E-state index contributed by atoms with van der Waals surface area (Å²) in [5.74, 6) is -1.66. The summed E-state index contributed by atoms with van der Waals surface area (Å²) in [4.78, 5) is 21.4. The second-order valence-electron chi connectivity index (χ2n) is 6.57. The van der Waals surface area contributed by atoms with E-state index in [2.05, 4.69) is 23.5 Å². The van der Waals surface area contributed by atoms with Gasteiger partial charge in [0.25, 0.3) is 0 Å². The first-order valence-electron chi connectivity index (χ1n) is 8.85. The first kappa shape index (κ1) is 22.1. The van der Waals surface area contributed by atoms with Crippen LogP contribution in [-0.2, 0) is 14.8 Å². The van der Waals surface area contributed by atoms with Gasteiger partial charge < -0.3 is 14.7 Å². The van der Waals surface area contributed by atoms with E-state index in [0.717, 1.165) is 40.3 Å². The second-order valence-corrected chi connectivity index (χ2v) is 8.99. The maximum atomic E-state index is 13.0. The molecule has 11 nitrogen and oxygen atoms in total. The van der Waals surface area contributed by atoms with Gasteiger partial charge in [-0.25, -0.2) is 18.4 Å². The van der Waals surface area contributed by atoms with Crippen molar-refractivity contribution in [2.24, 2.45) is 0 Å². The minimum atomic E-state index is -4.92. The molecular formula is C16H13F3N6O5S2. The van der Waals surface area contributed by atoms with Gasteiger partial charge in [-0.1, -0.05) is 0 Å². The van der Waals surface area contributed by atoms with Gasteiger partial charge in [-0.05, 0) is 24.3 Å². The van der Waals surface area contributed by atoms with Crippen LogP contribution in [0.1, 0.15) is 0 Å². The lowest BCUT2D eigenvalue weighted by Crippen LogP contribution is -2.58. The molecule has 0 saturated carbocycles. The molecule has 2 aromatic heterocycles. The summed E-state index contributed by atoms with van der Waals surface area (Å²) in [7, 11) is -4.32. The number of piperazine rings is 1. The molecule has 0 amide bonds. The number of fused-ring (bicyclic) bond motifs is 1. The van der Waals surface area contributed by atoms with Crippen LogP contribution in [0.25, 0.3) is 11.3 Å². The van der Waals surface area contributed by atoms with Gasteiger partial charge in [-0.15, -0.1) is 13.2 Å². The number of rotatable bonds is 5. The Hall–Kier alpha value is -3.11. The van der Waals surface area contributed by atoms with Crippen LogP contribution in [0, 0.1) is 0 Å². The summed E-state index contributed by atoms with van der Waals surface area (Å²) in [6.07, 6.45) is -3.53. The average molecular weight is 490 g/mol. The first-order valence-corrected chi connectivity index (χ1v) is 11.0. The van der Waals surface area contributed by atoms with Crippen LogP contribution < -0.4 is 9.64 Å². The third-order valence-electron chi connectivity index (χ3n) is 4.58. The van der Waals surface area contributed by atoms with E-state index in [-0.39, 0.29) is 30.2 Å². The molecule has 1 saturated heterocycles. The number of carboxylic acid groups (broad SMARTS) is 1. The Labute approximate surface area is 182 Å². The van der Waals surface area contributed by atoms with Crippen LogP contribution in [0.2, 0.25) is 0 Å². The summed E-state index contributed by atoms with van der Waals surface area (Å²) >= 11 is 0.922. The van der Waals surface area contributed by atoms with Crippen molar-refractivity contribution in [3.8, 4) is 5.75 Å². The quantitative estimate of drug-likeness (QED) is 0.557. The SMILES string of the molecule is O=C(O)[C@H]1CN(c2cnc3nsnc3n2)CCN1S(=O)(=O)c1ccc(OC(F)(F)F)cc1. The maximum absolute atomic E-state index is 13.0. The Morgan fingerprint density at radius 1 is 1.16 bits per heavy atom. The normalized spacial score (nSPS) is 18.1. The predicted octanol–water partition coefficient (Wildman–Crippen LogP) is 1.34. The lowest BCUT2D eigenvalue weighted by molar-refractivity contribution is -0.274. The van der Waals surface area contributed by atoms with Crippen molar-refractivity contribution in [2.75, 3.05) is 24.5 Å². The van der Waals surface area contributed by atoms with Crippen molar-refractivity contribution in [1.82, 2.24) is 23.0 Å². The van der Waals surface area contributed by atoms with Gasteiger partial charge in [0.05, 0.1) is 22.8 Å². The molecule has 0 aliphatic carbocycles. The molecular weight excluding hydrogens is 477 g/mol. The lowest BCUT2D eigenvalue weighted by Gasteiger charge is -2.38. The number of carbonyl (C=O) groups is 1. The largest absolute Gasteiger partial charge is 0.573 e. The van der Waals surface area contributed by atoms with Gasteiger partial charge in [0.1, 0.15) is 17.6 Å². The van der Waals surface area contributed by atoms with E-state index < -0.39 is 34.1 Å². The Bertz CT molecular complexity index is 1250. The highest BCUT2D eigenvalue weighted by molar-refractivity contribution is 7.89. The molecule has 32 heavy (non-hydrogen) atoms. The number of aromatic nitrogens is 4. The van der Waals surface area contributed by atoms with E-state index in [4.69, 9.17) is 0 Å². The van der Waals surface area contributed by atoms with E-state index in [9.17, 15) is 31.5 Å². The molecule has 3 aromatic rings. The van der Waals surface area contributed by atoms with Gasteiger partial charge in [0.2, 0.25) is 21.3 Å². The van der Waals surface area contributed by atoms with E-state index in [1.807, 2.05) is 0 Å². The van der Waals surface area contributed by atoms with Gasteiger partial charge in [0.15, 0.2) is 0 Å². The van der Waals surface area contributed by atoms with E-state index in [0.29, 0.717) is 11.5 Å². The Balaban J connectivity index is 1.57. The van der Waals surface area contributed by atoms with Gasteiger partial charge in [-0.2, -0.15) is 13.1 Å². The summed E-state index contributed by atoms with van der Waals surface area (Å²) in [5, 5.41) is 9.66. The van der Waals surface area contributed by atoms with Crippen LogP contribution in [0.3, 0.4) is 0 Å². The molecule has 16 heteroatoms. The third kappa shape index (κ3) is 4.42. The number of ether oxygens (including phenoxy) is 1. The second kappa shape index (κ2) is 8.10. The minimum absolute atomic E-state index is 0.107. The van der Waals surface area contributed by atoms with Crippen molar-refractivity contribution in [2.45, 2.75) is 17.3 Å². The fraction of sp³-hybridized carbons (Fsp3) is 0.312. The molecule has 3 heterocycles. The van der Waals surface area contributed by atoms with Gasteiger partial charge in [-0.3, -0.25) is 4.79 Å². The van der Waals surface area contributed by atoms with Crippen LogP contribution in [0.15, 0.2) is 35.4 Å². The number of hydrogen-bond donors (Lipinski definition) is 1. The third-order valence-corrected chi connectivity index (χ3v) is 7.01. The van der Waals surface area contributed by atoms with Crippen LogP contribution >= 0.6 is 11.7 Å². The van der Waals surface area contributed by atoms with Crippen LogP contribution in [0.4, 0.5) is 19.0 Å². The lowest BCUT2D eigenvalue weighted by atomic mass is 10.2. The zero-order valence-corrected chi connectivity index (χ0v) is 17.4. The van der Waals surface area contributed by atoms with Crippen LogP contribution in [-0.4, -0.2) is 74.6 Å². The molecule has 4 rings (SSSR count). The van der Waals surface area contributed by atoms with E-state index >= 15 is 0 Å². The van der Waals surface area contributed by atoms with Gasteiger partial charge in [0, 0.05) is 19.6 Å². The highest BCUT2D eigenvalue weighted by Crippen LogP contribution is 2.28. The Morgan fingerprint density at radius 2 is 1.84 bits per heavy atom. The minimum Gasteiger partial charge on any atom is -0.480 e. The zero-order chi connectivity index (χ0) is 23.1. The molecule has 1 aliphatic heterocycles. The highest BCUT2D eigenvalue weighted by Gasteiger charge is 2.41. The smallest absolute Gasteiger partial charge is 0.480 e. The number of sulfonamides is 1. The fourth-order valence-corrected chi connectivity index (χ4v) is 5.16. The Morgan fingerprint density at radius 3 is 2.50 bits per heavy atom. The Kier molecular flexibility index (Phi) is 5.59. The average Bonchev–Trinajstić information content (AvgIpc) is 3.20. The molecule has 170 valence electrons. The summed E-state index contributed by atoms with van der Waals surface area (Å²) in [5.41, 5.74) is 0.628. The number of carboxylic acids is 1. The molecule has 1 aromatic carbocycles. The number of anilines is 1. The monoisotopic (exact) mass is 490 g/mol. The highest BCUT2D eigenvalue weighted by atomic mass is 32.2. The maximum Gasteiger partial charge on any atom is 0.573 e. The number of aliphatic carboxylic acids is 1. The number of nitrogens with zero attached hydrogens (tertiary/aromatic N) is 6. The van der Waals surface area contributed by atoms with Crippen molar-refractivity contribution in [1.29, 1.82) is 0 Å². The molecule has 1 fully saturated rings. The van der Waals surface area contributed by atoms with Crippen molar-refractivity contribution < 1.29 is 36.2 Å². The molecule has 0 radical (unpaired) electrons. The topological polar surface area (TPSA) is 139 Å². The number of benzene rings is 1. The van der Waals surface area contributed by atoms with E-state index in [1.54, 1.807) is 4.90 Å². The standard InChI is InChI=1S/C16H13F3N6O5S2/c17-16(18,19)30-9-1-3-10(4-2-9)32(28,29)25-6-5-24(8-11(25)15(26)27)12-7-20-13-14(21-12)23-31-22-13/h1-4,7,11H,5-6,8H2,(H,26,27)/t11-/m1/s1. The molecule has 1 N–H and O–H groups in total. The van der Waals surface area contributed by atoms with Crippen molar-refractivity contribution in [3.63, 3.8) is 0 Å². The molecule has 1 atom stereocenters. The predicted molar refractivity (Wildman–Crippen MR) is 104 cm³/mol. The number of hydrogen-bond acceptors (Lipinski definition) is 10. The van der Waals surface area contributed by atoms with Crippen molar-refractivity contribution in [3.05, 3.63) is 30.5 Å². The molecule has 0 unspecified atom stereocenters. The van der Waals surface area contributed by atoms with E-state index in [1.165, 1.54) is 6.20 Å². The number of halogens is 3. The zero-order valence-electron chi connectivity index (χ0n) is 15.8.